The summed E-state index contributed by atoms with van der Waals surface area (Å²) in [7, 11) is 1.82. The zero-order chi connectivity index (χ0) is 9.84. The van der Waals surface area contributed by atoms with Gasteiger partial charge in [-0.1, -0.05) is 0 Å². The number of carbonyl (C=O) groups is 1. The SMILES string of the molecule is Cc1csc(N(C)CCC(=O)[O-])n1.[Na+]. The van der Waals surface area contributed by atoms with Crippen LogP contribution in [0.2, 0.25) is 0 Å². The van der Waals surface area contributed by atoms with Gasteiger partial charge in [-0.2, -0.15) is 0 Å². The molecule has 0 N–H and O–H groups in total. The fraction of sp³-hybridized carbons (Fsp3) is 0.500. The van der Waals surface area contributed by atoms with E-state index < -0.39 is 5.97 Å². The van der Waals surface area contributed by atoms with E-state index in [0.717, 1.165) is 10.8 Å². The van der Waals surface area contributed by atoms with E-state index in [-0.39, 0.29) is 36.0 Å². The van der Waals surface area contributed by atoms with Crippen LogP contribution in [0.3, 0.4) is 0 Å². The molecule has 0 unspecified atom stereocenters. The molecule has 14 heavy (non-hydrogen) atoms. The minimum atomic E-state index is -1.03. The van der Waals surface area contributed by atoms with Crippen LogP contribution in [0.15, 0.2) is 5.38 Å². The second kappa shape index (κ2) is 6.40. The normalized spacial score (nSPS) is 9.29. The molecule has 0 saturated heterocycles. The number of nitrogens with zero attached hydrogens (tertiary/aromatic N) is 2. The Kier molecular flexibility index (Phi) is 6.35. The molecule has 0 aliphatic carbocycles. The first kappa shape index (κ1) is 13.9. The van der Waals surface area contributed by atoms with Crippen molar-refractivity contribution in [2.45, 2.75) is 13.3 Å². The third-order valence-electron chi connectivity index (χ3n) is 1.58. The molecule has 0 radical (unpaired) electrons. The molecule has 0 atom stereocenters. The van der Waals surface area contributed by atoms with Crippen molar-refractivity contribution in [3.05, 3.63) is 11.1 Å². The third kappa shape index (κ3) is 4.41. The number of carboxylic acids is 1. The fourth-order valence-corrected chi connectivity index (χ4v) is 1.67. The number of aromatic nitrogens is 1. The van der Waals surface area contributed by atoms with Crippen LogP contribution in [0.25, 0.3) is 0 Å². The number of carbonyl (C=O) groups excluding carboxylic acids is 1. The predicted molar refractivity (Wildman–Crippen MR) is 49.7 cm³/mol. The van der Waals surface area contributed by atoms with Gasteiger partial charge in [-0.05, 0) is 6.92 Å². The van der Waals surface area contributed by atoms with Crippen molar-refractivity contribution in [2.75, 3.05) is 18.5 Å². The van der Waals surface area contributed by atoms with Crippen LogP contribution < -0.4 is 39.6 Å². The summed E-state index contributed by atoms with van der Waals surface area (Å²) in [6, 6.07) is 0. The fourth-order valence-electron chi connectivity index (χ4n) is 0.872. The van der Waals surface area contributed by atoms with Crippen LogP contribution in [0.5, 0.6) is 0 Å². The molecule has 0 fully saturated rings. The molecule has 0 spiro atoms. The van der Waals surface area contributed by atoms with Gasteiger partial charge in [-0.25, -0.2) is 4.98 Å². The second-order valence-corrected chi connectivity index (χ2v) is 3.65. The number of aryl methyl sites for hydroxylation is 1. The van der Waals surface area contributed by atoms with Gasteiger partial charge >= 0.3 is 29.6 Å². The molecular formula is C8H11N2NaO2S. The van der Waals surface area contributed by atoms with Crippen LogP contribution in [-0.2, 0) is 4.79 Å². The topological polar surface area (TPSA) is 56.3 Å². The van der Waals surface area contributed by atoms with Crippen molar-refractivity contribution in [3.63, 3.8) is 0 Å². The molecule has 0 aromatic carbocycles. The predicted octanol–water partition coefficient (Wildman–Crippen LogP) is -2.97. The first-order valence-corrected chi connectivity index (χ1v) is 4.80. The molecule has 0 aliphatic heterocycles. The van der Waals surface area contributed by atoms with Gasteiger partial charge in [0.2, 0.25) is 0 Å². The van der Waals surface area contributed by atoms with Crippen LogP contribution in [0.4, 0.5) is 5.13 Å². The Bertz CT molecular complexity index is 303. The van der Waals surface area contributed by atoms with Crippen LogP contribution >= 0.6 is 11.3 Å². The molecule has 4 nitrogen and oxygen atoms in total. The Labute approximate surface area is 109 Å². The van der Waals surface area contributed by atoms with Gasteiger partial charge in [0.25, 0.3) is 0 Å². The standard InChI is InChI=1S/C8H12N2O2S.Na/c1-6-5-13-8(9-6)10(2)4-3-7(11)12;/h5H,3-4H2,1-2H3,(H,11,12);/q;+1/p-1. The molecule has 6 heteroatoms. The van der Waals surface area contributed by atoms with Crippen LogP contribution in [0, 0.1) is 6.92 Å². The Morgan fingerprint density at radius 2 is 2.36 bits per heavy atom. The Morgan fingerprint density at radius 3 is 2.79 bits per heavy atom. The first-order valence-electron chi connectivity index (χ1n) is 3.92. The van der Waals surface area contributed by atoms with Crippen LogP contribution in [-0.4, -0.2) is 24.5 Å². The van der Waals surface area contributed by atoms with E-state index in [0.29, 0.717) is 6.54 Å². The third-order valence-corrected chi connectivity index (χ3v) is 2.66. The van der Waals surface area contributed by atoms with Gasteiger partial charge in [0, 0.05) is 31.4 Å². The van der Waals surface area contributed by atoms with E-state index in [9.17, 15) is 9.90 Å². The number of hydrogen-bond donors (Lipinski definition) is 0. The molecule has 0 amide bonds. The Hall–Kier alpha value is -0.1000. The molecule has 1 rings (SSSR count). The largest absolute Gasteiger partial charge is 1.00 e. The molecular weight excluding hydrogens is 211 g/mol. The van der Waals surface area contributed by atoms with Crippen molar-refractivity contribution < 1.29 is 39.5 Å². The molecule has 72 valence electrons. The van der Waals surface area contributed by atoms with E-state index >= 15 is 0 Å². The Morgan fingerprint density at radius 1 is 1.71 bits per heavy atom. The van der Waals surface area contributed by atoms with E-state index in [1.165, 1.54) is 11.3 Å². The summed E-state index contributed by atoms with van der Waals surface area (Å²) in [5, 5.41) is 13.0. The van der Waals surface area contributed by atoms with E-state index in [2.05, 4.69) is 4.98 Å². The van der Waals surface area contributed by atoms with Crippen molar-refractivity contribution in [1.82, 2.24) is 4.98 Å². The number of anilines is 1. The van der Waals surface area contributed by atoms with E-state index in [4.69, 9.17) is 0 Å². The number of carboxylic acid groups (broad SMARTS) is 1. The second-order valence-electron chi connectivity index (χ2n) is 2.82. The summed E-state index contributed by atoms with van der Waals surface area (Å²) in [5.41, 5.74) is 0.959. The minimum absolute atomic E-state index is 0. The van der Waals surface area contributed by atoms with Gasteiger partial charge in [0.1, 0.15) is 0 Å². The van der Waals surface area contributed by atoms with Gasteiger partial charge in [-0.15, -0.1) is 11.3 Å². The monoisotopic (exact) mass is 222 g/mol. The van der Waals surface area contributed by atoms with Gasteiger partial charge in [-0.3, -0.25) is 0 Å². The molecule has 0 aliphatic rings. The summed E-state index contributed by atoms with van der Waals surface area (Å²) in [4.78, 5) is 16.2. The number of hydrogen-bond acceptors (Lipinski definition) is 5. The van der Waals surface area contributed by atoms with Crippen molar-refractivity contribution in [3.8, 4) is 0 Å². The summed E-state index contributed by atoms with van der Waals surface area (Å²) < 4.78 is 0. The summed E-state index contributed by atoms with van der Waals surface area (Å²) >= 11 is 1.51. The Balaban J connectivity index is 0.00000169. The molecule has 0 bridgehead atoms. The number of thiazole rings is 1. The number of aliphatic carboxylic acids is 1. The molecule has 0 saturated carbocycles. The zero-order valence-electron chi connectivity index (χ0n) is 8.61. The zero-order valence-corrected chi connectivity index (χ0v) is 11.4. The molecule has 1 aromatic rings. The van der Waals surface area contributed by atoms with Gasteiger partial charge < -0.3 is 14.8 Å². The van der Waals surface area contributed by atoms with Crippen molar-refractivity contribution in [1.29, 1.82) is 0 Å². The van der Waals surface area contributed by atoms with Crippen LogP contribution in [0.1, 0.15) is 12.1 Å². The maximum Gasteiger partial charge on any atom is 1.00 e. The smallest absolute Gasteiger partial charge is 0.550 e. The number of rotatable bonds is 4. The summed E-state index contributed by atoms with van der Waals surface area (Å²) in [6.07, 6.45) is 0.0368. The van der Waals surface area contributed by atoms with E-state index in [1.54, 1.807) is 0 Å². The van der Waals surface area contributed by atoms with Crippen molar-refractivity contribution >= 4 is 22.4 Å². The quantitative estimate of drug-likeness (QED) is 0.511. The van der Waals surface area contributed by atoms with Gasteiger partial charge in [0.05, 0.1) is 5.69 Å². The van der Waals surface area contributed by atoms with Crippen molar-refractivity contribution in [2.24, 2.45) is 0 Å². The average molecular weight is 222 g/mol. The molecule has 1 aromatic heterocycles. The van der Waals surface area contributed by atoms with E-state index in [1.807, 2.05) is 24.3 Å². The first-order chi connectivity index (χ1) is 6.09. The van der Waals surface area contributed by atoms with Gasteiger partial charge in [0.15, 0.2) is 5.13 Å². The molecule has 1 heterocycles. The summed E-state index contributed by atoms with van der Waals surface area (Å²) in [5.74, 6) is -1.03. The maximum absolute atomic E-state index is 10.2. The maximum atomic E-state index is 10.2. The minimum Gasteiger partial charge on any atom is -0.550 e. The average Bonchev–Trinajstić information content (AvgIpc) is 2.47. The summed E-state index contributed by atoms with van der Waals surface area (Å²) in [6.45, 7) is 2.35.